The van der Waals surface area contributed by atoms with Gasteiger partial charge in [0, 0.05) is 88.3 Å². The Morgan fingerprint density at radius 3 is 0.865 bits per heavy atom. The molecule has 0 fully saturated rings. The third kappa shape index (κ3) is 14.0. The van der Waals surface area contributed by atoms with Crippen molar-refractivity contribution >= 4 is 0 Å². The van der Waals surface area contributed by atoms with Crippen LogP contribution in [0.5, 0.6) is 23.0 Å². The van der Waals surface area contributed by atoms with Gasteiger partial charge in [-0.25, -0.2) is 0 Å². The summed E-state index contributed by atoms with van der Waals surface area (Å²) in [5.41, 5.74) is 3.75. The summed E-state index contributed by atoms with van der Waals surface area (Å²) >= 11 is 0. The van der Waals surface area contributed by atoms with E-state index in [0.717, 1.165) is 84.5 Å². The maximum Gasteiger partial charge on any atom is 0.123 e. The highest BCUT2D eigenvalue weighted by molar-refractivity contribution is 5.26. The summed E-state index contributed by atoms with van der Waals surface area (Å²) in [4.78, 5) is 23.7. The molecule has 0 saturated carbocycles. The summed E-state index contributed by atoms with van der Waals surface area (Å²) in [7, 11) is 0. The van der Waals surface area contributed by atoms with Gasteiger partial charge < -0.3 is 18.9 Å². The molecule has 0 aliphatic carbocycles. The molecule has 4 heterocycles. The van der Waals surface area contributed by atoms with Crippen LogP contribution in [0.1, 0.15) is 104 Å². The Kier molecular flexibility index (Phi) is 16.6. The van der Waals surface area contributed by atoms with Gasteiger partial charge in [0.2, 0.25) is 0 Å². The highest BCUT2D eigenvalue weighted by atomic mass is 16.5. The monoisotopic (exact) mass is 712 g/mol. The van der Waals surface area contributed by atoms with E-state index in [1.54, 1.807) is 0 Å². The normalized spacial score (nSPS) is 13.8. The van der Waals surface area contributed by atoms with Crippen LogP contribution in [0.3, 0.4) is 0 Å². The quantitative estimate of drug-likeness (QED) is 0.0744. The summed E-state index contributed by atoms with van der Waals surface area (Å²) in [5.74, 6) is 3.33. The number of hydrogen-bond acceptors (Lipinski definition) is 10. The highest BCUT2D eigenvalue weighted by Crippen LogP contribution is 2.21. The fraction of sp³-hybridized carbons (Fsp3) is 0.524. The van der Waals surface area contributed by atoms with Gasteiger partial charge in [-0.15, -0.1) is 0 Å². The van der Waals surface area contributed by atoms with Gasteiger partial charge in [0.15, 0.2) is 0 Å². The zero-order chi connectivity index (χ0) is 37.3. The molecule has 4 unspecified atom stereocenters. The van der Waals surface area contributed by atoms with Gasteiger partial charge in [0.25, 0.3) is 0 Å². The smallest absolute Gasteiger partial charge is 0.123 e. The maximum absolute atomic E-state index is 6.15. The zero-order valence-electron chi connectivity index (χ0n) is 32.6. The molecule has 4 aromatic rings. The second-order valence-electron chi connectivity index (χ2n) is 13.7. The molecule has 0 amide bonds. The van der Waals surface area contributed by atoms with E-state index in [0.29, 0.717) is 26.2 Å². The molecule has 10 nitrogen and oxygen atoms in total. The third-order valence-corrected chi connectivity index (χ3v) is 9.08. The van der Waals surface area contributed by atoms with Gasteiger partial charge in [0.1, 0.15) is 23.0 Å². The van der Waals surface area contributed by atoms with Crippen molar-refractivity contribution in [1.29, 1.82) is 0 Å². The third-order valence-electron chi connectivity index (χ3n) is 9.08. The summed E-state index contributed by atoms with van der Waals surface area (Å²) in [6.45, 7) is 20.8. The topological polar surface area (TPSA) is 95.0 Å². The summed E-state index contributed by atoms with van der Waals surface area (Å²) in [5, 5.41) is 0. The van der Waals surface area contributed by atoms with E-state index in [2.05, 4.69) is 65.2 Å². The average molecular weight is 713 g/mol. The van der Waals surface area contributed by atoms with Crippen LogP contribution in [0.2, 0.25) is 0 Å². The molecule has 0 N–H and O–H groups in total. The fourth-order valence-electron chi connectivity index (χ4n) is 5.35. The van der Waals surface area contributed by atoms with Crippen LogP contribution in [0.25, 0.3) is 0 Å². The van der Waals surface area contributed by atoms with Crippen LogP contribution >= 0.6 is 0 Å². The maximum atomic E-state index is 6.15. The van der Waals surface area contributed by atoms with E-state index < -0.39 is 0 Å². The molecule has 0 aliphatic rings. The van der Waals surface area contributed by atoms with E-state index in [9.17, 15) is 0 Å². The lowest BCUT2D eigenvalue weighted by Gasteiger charge is -2.28. The van der Waals surface area contributed by atoms with Crippen molar-refractivity contribution in [2.75, 3.05) is 13.1 Å². The van der Waals surface area contributed by atoms with E-state index in [4.69, 9.17) is 38.9 Å². The Labute approximate surface area is 311 Å². The van der Waals surface area contributed by atoms with Gasteiger partial charge in [-0.1, -0.05) is 27.7 Å². The average Bonchev–Trinajstić information content (AvgIpc) is 3.14. The van der Waals surface area contributed by atoms with Crippen LogP contribution in [0, 0.1) is 0 Å². The number of pyridine rings is 4. The number of nitrogens with zero attached hydrogens (tertiary/aromatic N) is 6. The first-order valence-corrected chi connectivity index (χ1v) is 19.1. The minimum Gasteiger partial charge on any atom is -0.491 e. The molecule has 10 heteroatoms. The summed E-state index contributed by atoms with van der Waals surface area (Å²) in [6.07, 6.45) is 11.6. The minimum absolute atomic E-state index is 0.128. The van der Waals surface area contributed by atoms with Crippen molar-refractivity contribution in [3.8, 4) is 23.0 Å². The van der Waals surface area contributed by atoms with Crippen LogP contribution in [0.4, 0.5) is 0 Å². The lowest BCUT2D eigenvalue weighted by Crippen LogP contribution is -2.35. The number of aromatic nitrogens is 4. The van der Waals surface area contributed by atoms with Gasteiger partial charge in [-0.2, -0.15) is 0 Å². The molecule has 52 heavy (non-hydrogen) atoms. The molecule has 4 atom stereocenters. The Hall–Kier alpha value is -4.28. The predicted molar refractivity (Wildman–Crippen MR) is 207 cm³/mol. The fourth-order valence-corrected chi connectivity index (χ4v) is 5.35. The van der Waals surface area contributed by atoms with E-state index >= 15 is 0 Å². The standard InChI is InChI=1S/C42H60N6O4/c1-9-31(5)49-39-13-17-43-35(23-39)27-47(28-36-24-40(14-18-44-36)50-32(6)10-2)21-22-48(29-37-25-41(15-19-45-37)51-33(7)11-3)30-38-26-42(16-20-46-38)52-34(8)12-4/h13-20,23-26,31-34H,9-12,21-22,27-30H2,1-8H3. The molecule has 0 aromatic carbocycles. The SMILES string of the molecule is CCC(C)Oc1ccnc(CN(CCN(Cc2cc(OC(C)CC)ccn2)Cc2cc(OC(C)CC)ccn2)Cc2cc(OC(C)CC)ccn2)c1. The second-order valence-corrected chi connectivity index (χ2v) is 13.7. The molecule has 0 spiro atoms. The van der Waals surface area contributed by atoms with Crippen molar-refractivity contribution in [1.82, 2.24) is 29.7 Å². The van der Waals surface area contributed by atoms with E-state index in [1.165, 1.54) is 0 Å². The molecule has 0 radical (unpaired) electrons. The lowest BCUT2D eigenvalue weighted by molar-refractivity contribution is 0.175. The van der Waals surface area contributed by atoms with Crippen LogP contribution in [-0.2, 0) is 26.2 Å². The van der Waals surface area contributed by atoms with Crippen molar-refractivity contribution in [2.24, 2.45) is 0 Å². The predicted octanol–water partition coefficient (Wildman–Crippen LogP) is 8.68. The van der Waals surface area contributed by atoms with Crippen molar-refractivity contribution in [3.63, 3.8) is 0 Å². The zero-order valence-corrected chi connectivity index (χ0v) is 32.6. The molecular weight excluding hydrogens is 653 g/mol. The second kappa shape index (κ2) is 21.3. The minimum atomic E-state index is 0.128. The van der Waals surface area contributed by atoms with Gasteiger partial charge in [0.05, 0.1) is 47.2 Å². The first kappa shape index (κ1) is 40.5. The molecule has 0 saturated heterocycles. The lowest BCUT2D eigenvalue weighted by atomic mass is 10.2. The molecule has 0 aliphatic heterocycles. The van der Waals surface area contributed by atoms with Crippen LogP contribution in [0.15, 0.2) is 73.3 Å². The van der Waals surface area contributed by atoms with Gasteiger partial charge >= 0.3 is 0 Å². The van der Waals surface area contributed by atoms with Gasteiger partial charge in [-0.05, 0) is 77.6 Å². The summed E-state index contributed by atoms with van der Waals surface area (Å²) < 4.78 is 24.6. The van der Waals surface area contributed by atoms with Crippen molar-refractivity contribution in [2.45, 2.75) is 132 Å². The number of hydrogen-bond donors (Lipinski definition) is 0. The first-order chi connectivity index (χ1) is 25.2. The first-order valence-electron chi connectivity index (χ1n) is 19.1. The van der Waals surface area contributed by atoms with Crippen molar-refractivity contribution in [3.05, 3.63) is 96.1 Å². The largest absolute Gasteiger partial charge is 0.491 e. The Balaban J connectivity index is 1.60. The Morgan fingerprint density at radius 1 is 0.423 bits per heavy atom. The number of rotatable bonds is 23. The van der Waals surface area contributed by atoms with Crippen LogP contribution in [-0.4, -0.2) is 67.2 Å². The number of ether oxygens (including phenoxy) is 4. The molecule has 4 aromatic heterocycles. The molecule has 4 rings (SSSR count). The van der Waals surface area contributed by atoms with E-state index in [-0.39, 0.29) is 24.4 Å². The Morgan fingerprint density at radius 2 is 0.654 bits per heavy atom. The molecule has 282 valence electrons. The van der Waals surface area contributed by atoms with Crippen molar-refractivity contribution < 1.29 is 18.9 Å². The molecule has 0 bridgehead atoms. The summed E-state index contributed by atoms with van der Waals surface area (Å²) in [6, 6.07) is 15.9. The Bertz CT molecular complexity index is 1390. The highest BCUT2D eigenvalue weighted by Gasteiger charge is 2.17. The van der Waals surface area contributed by atoms with E-state index in [1.807, 2.05) is 73.3 Å². The molecular formula is C42H60N6O4. The van der Waals surface area contributed by atoms with Gasteiger partial charge in [-0.3, -0.25) is 29.7 Å². The van der Waals surface area contributed by atoms with Crippen LogP contribution < -0.4 is 18.9 Å².